The van der Waals surface area contributed by atoms with Gasteiger partial charge in [0, 0.05) is 18.0 Å². The Bertz CT molecular complexity index is 1450. The number of likely N-dealkylation sites (N-methyl/N-ethyl adjacent to an activating group) is 1. The Morgan fingerprint density at radius 1 is 0.971 bits per heavy atom. The number of hydrogen-bond acceptors (Lipinski definition) is 4. The fraction of sp³-hybridized carbons (Fsp3) is 0.296. The molecule has 5 rings (SSSR count). The van der Waals surface area contributed by atoms with Crippen LogP contribution < -0.4 is 11.2 Å². The first-order valence-corrected chi connectivity index (χ1v) is 12.6. The van der Waals surface area contributed by atoms with E-state index in [1.807, 2.05) is 55.5 Å². The Labute approximate surface area is 201 Å². The van der Waals surface area contributed by atoms with Gasteiger partial charge < -0.3 is 4.90 Å². The van der Waals surface area contributed by atoms with Gasteiger partial charge in [-0.25, -0.2) is 9.36 Å². The summed E-state index contributed by atoms with van der Waals surface area (Å²) >= 11 is 1.50. The van der Waals surface area contributed by atoms with Crippen molar-refractivity contribution in [2.75, 3.05) is 6.54 Å². The highest BCUT2D eigenvalue weighted by Crippen LogP contribution is 2.34. The number of thiophene rings is 1. The number of rotatable bonds is 6. The summed E-state index contributed by atoms with van der Waals surface area (Å²) in [7, 11) is 0. The van der Waals surface area contributed by atoms with Crippen LogP contribution in [0.4, 0.5) is 0 Å². The Morgan fingerprint density at radius 3 is 2.35 bits per heavy atom. The van der Waals surface area contributed by atoms with Gasteiger partial charge in [-0.05, 0) is 55.9 Å². The molecular formula is C27H27N3O3S. The smallest absolute Gasteiger partial charge is 0.337 e. The van der Waals surface area contributed by atoms with Crippen LogP contribution >= 0.6 is 11.3 Å². The third-order valence-corrected chi connectivity index (χ3v) is 7.81. The van der Waals surface area contributed by atoms with Crippen LogP contribution in [0.5, 0.6) is 0 Å². The molecule has 4 aromatic rings. The summed E-state index contributed by atoms with van der Waals surface area (Å²) in [5.74, 6) is -0.139. The molecular weight excluding hydrogens is 446 g/mol. The van der Waals surface area contributed by atoms with Gasteiger partial charge in [0.15, 0.2) is 0 Å². The molecule has 7 heteroatoms. The van der Waals surface area contributed by atoms with Gasteiger partial charge in [0.1, 0.15) is 11.4 Å². The molecule has 6 nitrogen and oxygen atoms in total. The topological polar surface area (TPSA) is 64.3 Å². The molecule has 34 heavy (non-hydrogen) atoms. The number of nitrogens with zero attached hydrogens (tertiary/aromatic N) is 3. The molecule has 0 fully saturated rings. The molecule has 0 radical (unpaired) electrons. The van der Waals surface area contributed by atoms with E-state index in [2.05, 4.69) is 0 Å². The predicted octanol–water partition coefficient (Wildman–Crippen LogP) is 4.14. The summed E-state index contributed by atoms with van der Waals surface area (Å²) in [5, 5.41) is 0.599. The normalized spacial score (nSPS) is 13.1. The third kappa shape index (κ3) is 4.01. The van der Waals surface area contributed by atoms with Crippen molar-refractivity contribution in [1.82, 2.24) is 14.0 Å². The van der Waals surface area contributed by atoms with E-state index >= 15 is 0 Å². The van der Waals surface area contributed by atoms with Crippen LogP contribution in [-0.2, 0) is 30.7 Å². The molecule has 0 N–H and O–H groups in total. The van der Waals surface area contributed by atoms with Crippen LogP contribution in [0.15, 0.2) is 70.3 Å². The summed E-state index contributed by atoms with van der Waals surface area (Å²) < 4.78 is 2.74. The zero-order valence-electron chi connectivity index (χ0n) is 19.2. The molecule has 0 aliphatic heterocycles. The van der Waals surface area contributed by atoms with E-state index in [9.17, 15) is 14.4 Å². The molecule has 2 heterocycles. The molecule has 2 aromatic heterocycles. The standard InChI is InChI=1S/C27H27N3O3S/c1-2-28(17-19-11-5-3-6-12-19)23(31)18-29-26-24(21-15-9-10-16-22(21)34-26)25(32)30(27(29)33)20-13-7-4-8-14-20/h3-8,11-14H,2,9-10,15-18H2,1H3. The van der Waals surface area contributed by atoms with Gasteiger partial charge in [-0.2, -0.15) is 0 Å². The van der Waals surface area contributed by atoms with Crippen LogP contribution in [0.2, 0.25) is 0 Å². The van der Waals surface area contributed by atoms with Gasteiger partial charge in [-0.3, -0.25) is 14.2 Å². The first kappa shape index (κ1) is 22.3. The second kappa shape index (κ2) is 9.43. The quantitative estimate of drug-likeness (QED) is 0.423. The van der Waals surface area contributed by atoms with E-state index in [4.69, 9.17) is 0 Å². The number of carbonyl (C=O) groups is 1. The van der Waals surface area contributed by atoms with Crippen LogP contribution in [0.25, 0.3) is 15.9 Å². The van der Waals surface area contributed by atoms with Gasteiger partial charge in [-0.15, -0.1) is 11.3 Å². The number of benzene rings is 2. The lowest BCUT2D eigenvalue weighted by Crippen LogP contribution is -2.42. The first-order valence-electron chi connectivity index (χ1n) is 11.8. The summed E-state index contributed by atoms with van der Waals surface area (Å²) in [6.45, 7) is 2.86. The maximum atomic E-state index is 13.7. The maximum Gasteiger partial charge on any atom is 0.337 e. The van der Waals surface area contributed by atoms with Gasteiger partial charge in [-0.1, -0.05) is 48.5 Å². The lowest BCUT2D eigenvalue weighted by Gasteiger charge is -2.22. The maximum absolute atomic E-state index is 13.7. The SMILES string of the molecule is CCN(Cc1ccccc1)C(=O)Cn1c(=O)n(-c2ccccc2)c(=O)c2c3c(sc21)CCCC3. The van der Waals surface area contributed by atoms with Crippen LogP contribution in [0.3, 0.4) is 0 Å². The van der Waals surface area contributed by atoms with Crippen molar-refractivity contribution >= 4 is 27.5 Å². The Kier molecular flexibility index (Phi) is 6.20. The van der Waals surface area contributed by atoms with Gasteiger partial charge in [0.2, 0.25) is 5.91 Å². The Hall–Kier alpha value is -3.45. The van der Waals surface area contributed by atoms with Crippen molar-refractivity contribution in [2.45, 2.75) is 45.7 Å². The largest absolute Gasteiger partial charge is 0.337 e. The van der Waals surface area contributed by atoms with Crippen molar-refractivity contribution in [3.63, 3.8) is 0 Å². The van der Waals surface area contributed by atoms with Crippen LogP contribution in [0, 0.1) is 0 Å². The van der Waals surface area contributed by atoms with Crippen molar-refractivity contribution in [2.24, 2.45) is 0 Å². The summed E-state index contributed by atoms with van der Waals surface area (Å²) in [5.41, 5.74) is 1.86. The summed E-state index contributed by atoms with van der Waals surface area (Å²) in [4.78, 5) is 44.2. The lowest BCUT2D eigenvalue weighted by molar-refractivity contribution is -0.132. The Morgan fingerprint density at radius 2 is 1.65 bits per heavy atom. The van der Waals surface area contributed by atoms with E-state index in [0.717, 1.165) is 36.8 Å². The Balaban J connectivity index is 1.64. The zero-order valence-corrected chi connectivity index (χ0v) is 20.0. The van der Waals surface area contributed by atoms with Gasteiger partial charge in [0.05, 0.1) is 11.1 Å². The molecule has 1 aliphatic rings. The fourth-order valence-corrected chi connectivity index (χ4v) is 6.10. The fourth-order valence-electron chi connectivity index (χ4n) is 4.73. The monoisotopic (exact) mass is 473 g/mol. The van der Waals surface area contributed by atoms with Crippen LogP contribution in [0.1, 0.15) is 35.8 Å². The minimum Gasteiger partial charge on any atom is -0.337 e. The van der Waals surface area contributed by atoms with Crippen molar-refractivity contribution in [3.8, 4) is 5.69 Å². The second-order valence-corrected chi connectivity index (χ2v) is 9.71. The second-order valence-electron chi connectivity index (χ2n) is 8.63. The minimum atomic E-state index is -0.466. The molecule has 1 amide bonds. The molecule has 0 atom stereocenters. The molecule has 0 spiro atoms. The summed E-state index contributed by atoms with van der Waals surface area (Å²) in [6, 6.07) is 18.8. The summed E-state index contributed by atoms with van der Waals surface area (Å²) in [6.07, 6.45) is 3.86. The van der Waals surface area contributed by atoms with E-state index < -0.39 is 5.69 Å². The molecule has 2 aromatic carbocycles. The van der Waals surface area contributed by atoms with Crippen molar-refractivity contribution < 1.29 is 4.79 Å². The van der Waals surface area contributed by atoms with Crippen molar-refractivity contribution in [1.29, 1.82) is 0 Å². The van der Waals surface area contributed by atoms with Crippen molar-refractivity contribution in [3.05, 3.63) is 97.5 Å². The third-order valence-electron chi connectivity index (χ3n) is 6.50. The molecule has 0 unspecified atom stereocenters. The highest BCUT2D eigenvalue weighted by molar-refractivity contribution is 7.18. The lowest BCUT2D eigenvalue weighted by atomic mass is 9.97. The molecule has 0 saturated heterocycles. The minimum absolute atomic E-state index is 0.0947. The van der Waals surface area contributed by atoms with Crippen LogP contribution in [-0.4, -0.2) is 26.5 Å². The zero-order chi connectivity index (χ0) is 23.7. The van der Waals surface area contributed by atoms with E-state index in [1.54, 1.807) is 17.0 Å². The number of para-hydroxylation sites is 1. The number of carbonyl (C=O) groups excluding carboxylic acids is 1. The molecule has 174 valence electrons. The first-order chi connectivity index (χ1) is 16.6. The van der Waals surface area contributed by atoms with E-state index in [0.29, 0.717) is 29.0 Å². The van der Waals surface area contributed by atoms with E-state index in [1.165, 1.54) is 25.3 Å². The number of aryl methyl sites for hydroxylation is 2. The number of amides is 1. The number of aromatic nitrogens is 2. The number of fused-ring (bicyclic) bond motifs is 3. The molecule has 0 saturated carbocycles. The van der Waals surface area contributed by atoms with E-state index in [-0.39, 0.29) is 18.0 Å². The highest BCUT2D eigenvalue weighted by Gasteiger charge is 2.25. The average Bonchev–Trinajstić information content (AvgIpc) is 3.26. The predicted molar refractivity (Wildman–Crippen MR) is 136 cm³/mol. The highest BCUT2D eigenvalue weighted by atomic mass is 32.1. The number of hydrogen-bond donors (Lipinski definition) is 0. The van der Waals surface area contributed by atoms with Gasteiger partial charge >= 0.3 is 5.69 Å². The molecule has 1 aliphatic carbocycles. The van der Waals surface area contributed by atoms with Gasteiger partial charge in [0.25, 0.3) is 5.56 Å². The molecule has 0 bridgehead atoms. The average molecular weight is 474 g/mol.